The normalized spacial score (nSPS) is 10.9. The number of hydrogen-bond acceptors (Lipinski definition) is 5. The second kappa shape index (κ2) is 9.19. The second-order valence-corrected chi connectivity index (χ2v) is 8.48. The Morgan fingerprint density at radius 3 is 2.53 bits per heavy atom. The molecule has 0 saturated carbocycles. The van der Waals surface area contributed by atoms with Crippen molar-refractivity contribution >= 4 is 28.1 Å². The molecule has 34 heavy (non-hydrogen) atoms. The number of aromatic amines is 1. The standard InChI is InChI=1S/C28H26N6/c1-19(31-24-10-12-27(30-18-24)34(2)3)28-25-15-22(9-11-26(25)32-33-28)23-14-21(16-29-17-23)13-20-7-5-4-6-8-20/h4-12,14-18,31H,1,13H2,2-3H3,(H,32,33). The van der Waals surface area contributed by atoms with E-state index in [1.807, 2.05) is 55.7 Å². The molecule has 3 heterocycles. The van der Waals surface area contributed by atoms with Crippen molar-refractivity contribution in [2.45, 2.75) is 6.42 Å². The molecule has 0 spiro atoms. The van der Waals surface area contributed by atoms with Gasteiger partial charge in [0.2, 0.25) is 0 Å². The Morgan fingerprint density at radius 1 is 0.912 bits per heavy atom. The molecule has 5 aromatic rings. The third-order valence-corrected chi connectivity index (χ3v) is 5.73. The highest BCUT2D eigenvalue weighted by Crippen LogP contribution is 2.29. The first kappa shape index (κ1) is 21.4. The molecule has 0 aliphatic rings. The van der Waals surface area contributed by atoms with Crippen molar-refractivity contribution in [3.63, 3.8) is 0 Å². The number of hydrogen-bond donors (Lipinski definition) is 2. The minimum absolute atomic E-state index is 0.707. The molecule has 0 fully saturated rings. The van der Waals surface area contributed by atoms with E-state index in [0.29, 0.717) is 5.70 Å². The highest BCUT2D eigenvalue weighted by atomic mass is 15.1. The molecule has 6 nitrogen and oxygen atoms in total. The van der Waals surface area contributed by atoms with Crippen LogP contribution >= 0.6 is 0 Å². The van der Waals surface area contributed by atoms with Crippen LogP contribution in [0.3, 0.4) is 0 Å². The summed E-state index contributed by atoms with van der Waals surface area (Å²) >= 11 is 0. The Kier molecular flexibility index (Phi) is 5.79. The zero-order valence-corrected chi connectivity index (χ0v) is 19.3. The van der Waals surface area contributed by atoms with E-state index in [1.54, 1.807) is 6.20 Å². The summed E-state index contributed by atoms with van der Waals surface area (Å²) in [6.45, 7) is 4.22. The molecule has 0 aliphatic carbocycles. The summed E-state index contributed by atoms with van der Waals surface area (Å²) in [6, 6.07) is 22.9. The van der Waals surface area contributed by atoms with Gasteiger partial charge in [0.1, 0.15) is 11.5 Å². The van der Waals surface area contributed by atoms with Gasteiger partial charge in [0.25, 0.3) is 0 Å². The number of anilines is 2. The van der Waals surface area contributed by atoms with E-state index in [4.69, 9.17) is 0 Å². The lowest BCUT2D eigenvalue weighted by molar-refractivity contribution is 1.07. The van der Waals surface area contributed by atoms with Gasteiger partial charge in [-0.1, -0.05) is 43.0 Å². The summed E-state index contributed by atoms with van der Waals surface area (Å²) in [5.41, 5.74) is 7.91. The fourth-order valence-corrected chi connectivity index (χ4v) is 3.96. The Bertz CT molecular complexity index is 1440. The lowest BCUT2D eigenvalue weighted by Crippen LogP contribution is -2.10. The maximum Gasteiger partial charge on any atom is 0.128 e. The highest BCUT2D eigenvalue weighted by molar-refractivity contribution is 5.95. The van der Waals surface area contributed by atoms with E-state index in [1.165, 1.54) is 11.1 Å². The number of pyridine rings is 2. The van der Waals surface area contributed by atoms with Crippen LogP contribution in [0.5, 0.6) is 0 Å². The van der Waals surface area contributed by atoms with Crippen LogP contribution in [0.25, 0.3) is 27.7 Å². The monoisotopic (exact) mass is 446 g/mol. The molecular weight excluding hydrogens is 420 g/mol. The van der Waals surface area contributed by atoms with Crippen LogP contribution in [0.4, 0.5) is 11.5 Å². The maximum atomic E-state index is 4.51. The van der Waals surface area contributed by atoms with Crippen molar-refractivity contribution in [2.75, 3.05) is 24.3 Å². The molecule has 168 valence electrons. The summed E-state index contributed by atoms with van der Waals surface area (Å²) in [7, 11) is 3.93. The average molecular weight is 447 g/mol. The van der Waals surface area contributed by atoms with Gasteiger partial charge in [-0.2, -0.15) is 5.10 Å². The van der Waals surface area contributed by atoms with Crippen molar-refractivity contribution in [2.24, 2.45) is 0 Å². The molecule has 6 heteroatoms. The van der Waals surface area contributed by atoms with Crippen molar-refractivity contribution in [1.29, 1.82) is 0 Å². The molecule has 2 N–H and O–H groups in total. The van der Waals surface area contributed by atoms with Gasteiger partial charge in [-0.25, -0.2) is 4.98 Å². The molecule has 5 rings (SSSR count). The molecule has 2 aromatic carbocycles. The van der Waals surface area contributed by atoms with E-state index < -0.39 is 0 Å². The first-order chi connectivity index (χ1) is 16.6. The van der Waals surface area contributed by atoms with Gasteiger partial charge in [0.15, 0.2) is 0 Å². The Morgan fingerprint density at radius 2 is 1.76 bits per heavy atom. The van der Waals surface area contributed by atoms with E-state index in [2.05, 4.69) is 74.5 Å². The number of rotatable bonds is 7. The van der Waals surface area contributed by atoms with Gasteiger partial charge in [-0.05, 0) is 53.4 Å². The predicted octanol–water partition coefficient (Wildman–Crippen LogP) is 5.76. The second-order valence-electron chi connectivity index (χ2n) is 8.48. The first-order valence-corrected chi connectivity index (χ1v) is 11.1. The Hall–Kier alpha value is -4.45. The summed E-state index contributed by atoms with van der Waals surface area (Å²) in [5, 5.41) is 12.0. The molecule has 0 radical (unpaired) electrons. The van der Waals surface area contributed by atoms with Crippen LogP contribution in [0, 0.1) is 0 Å². The van der Waals surface area contributed by atoms with Gasteiger partial charge in [-0.3, -0.25) is 10.1 Å². The van der Waals surface area contributed by atoms with Crippen molar-refractivity contribution in [1.82, 2.24) is 20.2 Å². The van der Waals surface area contributed by atoms with Gasteiger partial charge in [-0.15, -0.1) is 0 Å². The van der Waals surface area contributed by atoms with Crippen molar-refractivity contribution in [3.8, 4) is 11.1 Å². The summed E-state index contributed by atoms with van der Waals surface area (Å²) in [5.74, 6) is 0.897. The molecule has 0 saturated heterocycles. The summed E-state index contributed by atoms with van der Waals surface area (Å²) in [4.78, 5) is 10.9. The minimum Gasteiger partial charge on any atom is -0.363 e. The number of fused-ring (bicyclic) bond motifs is 1. The molecule has 0 amide bonds. The summed E-state index contributed by atoms with van der Waals surface area (Å²) in [6.07, 6.45) is 6.48. The van der Waals surface area contributed by atoms with Gasteiger partial charge >= 0.3 is 0 Å². The molecule has 0 bridgehead atoms. The van der Waals surface area contributed by atoms with Gasteiger partial charge < -0.3 is 10.2 Å². The van der Waals surface area contributed by atoms with Gasteiger partial charge in [0.05, 0.1) is 23.1 Å². The van der Waals surface area contributed by atoms with Crippen LogP contribution < -0.4 is 10.2 Å². The van der Waals surface area contributed by atoms with Crippen LogP contribution in [0.2, 0.25) is 0 Å². The maximum absolute atomic E-state index is 4.51. The first-order valence-electron chi connectivity index (χ1n) is 11.1. The number of aromatic nitrogens is 4. The van der Waals surface area contributed by atoms with E-state index >= 15 is 0 Å². The predicted molar refractivity (Wildman–Crippen MR) is 140 cm³/mol. The molecule has 0 atom stereocenters. The van der Waals surface area contributed by atoms with Gasteiger partial charge in [0, 0.05) is 37.4 Å². The van der Waals surface area contributed by atoms with E-state index in [-0.39, 0.29) is 0 Å². The highest BCUT2D eigenvalue weighted by Gasteiger charge is 2.12. The van der Waals surface area contributed by atoms with E-state index in [0.717, 1.165) is 45.6 Å². The summed E-state index contributed by atoms with van der Waals surface area (Å²) < 4.78 is 0. The molecular formula is C28H26N6. The SMILES string of the molecule is C=C(Nc1ccc(N(C)C)nc1)c1n[nH]c2ccc(-c3cncc(Cc4ccccc4)c3)cc12. The minimum atomic E-state index is 0.707. The molecule has 3 aromatic heterocycles. The fourth-order valence-electron chi connectivity index (χ4n) is 3.96. The zero-order valence-electron chi connectivity index (χ0n) is 19.3. The lowest BCUT2D eigenvalue weighted by Gasteiger charge is -2.12. The largest absolute Gasteiger partial charge is 0.363 e. The average Bonchev–Trinajstić information content (AvgIpc) is 3.29. The van der Waals surface area contributed by atoms with E-state index in [9.17, 15) is 0 Å². The van der Waals surface area contributed by atoms with Crippen LogP contribution in [-0.2, 0) is 6.42 Å². The Balaban J connectivity index is 1.41. The van der Waals surface area contributed by atoms with Crippen LogP contribution in [0.1, 0.15) is 16.8 Å². The third-order valence-electron chi connectivity index (χ3n) is 5.73. The smallest absolute Gasteiger partial charge is 0.128 e. The third kappa shape index (κ3) is 4.52. The molecule has 0 unspecified atom stereocenters. The number of H-pyrrole nitrogens is 1. The topological polar surface area (TPSA) is 69.7 Å². The van der Waals surface area contributed by atoms with Crippen LogP contribution in [-0.4, -0.2) is 34.3 Å². The fraction of sp³-hybridized carbons (Fsp3) is 0.107. The van der Waals surface area contributed by atoms with Crippen molar-refractivity contribution in [3.05, 3.63) is 109 Å². The number of benzene rings is 2. The Labute approximate surface area is 199 Å². The zero-order chi connectivity index (χ0) is 23.5. The van der Waals surface area contributed by atoms with Crippen molar-refractivity contribution < 1.29 is 0 Å². The lowest BCUT2D eigenvalue weighted by atomic mass is 10.0. The number of nitrogens with one attached hydrogen (secondary N) is 2. The number of nitrogens with zero attached hydrogens (tertiary/aromatic N) is 4. The molecule has 0 aliphatic heterocycles. The van der Waals surface area contributed by atoms with Crippen LogP contribution in [0.15, 0.2) is 91.9 Å². The quantitative estimate of drug-likeness (QED) is 0.333.